The van der Waals surface area contributed by atoms with Crippen LogP contribution < -0.4 is 0 Å². The van der Waals surface area contributed by atoms with E-state index in [4.69, 9.17) is 16.3 Å². The second-order valence-electron chi connectivity index (χ2n) is 5.08. The van der Waals surface area contributed by atoms with Gasteiger partial charge in [-0.15, -0.1) is 0 Å². The zero-order valence-corrected chi connectivity index (χ0v) is 12.3. The summed E-state index contributed by atoms with van der Waals surface area (Å²) in [5.74, 6) is 0.279. The summed E-state index contributed by atoms with van der Waals surface area (Å²) in [5.41, 5.74) is 0.488. The van der Waals surface area contributed by atoms with Gasteiger partial charge in [0.2, 0.25) is 5.78 Å². The monoisotopic (exact) mass is 284 g/mol. The summed E-state index contributed by atoms with van der Waals surface area (Å²) in [6, 6.07) is 0. The van der Waals surface area contributed by atoms with Crippen molar-refractivity contribution in [1.29, 1.82) is 0 Å². The Labute approximate surface area is 119 Å². The molecule has 1 unspecified atom stereocenters. The van der Waals surface area contributed by atoms with Crippen molar-refractivity contribution in [2.24, 2.45) is 5.92 Å². The number of ether oxygens (including phenoxy) is 1. The van der Waals surface area contributed by atoms with E-state index in [1.165, 1.54) is 25.5 Å². The lowest BCUT2D eigenvalue weighted by atomic mass is 9.83. The molecule has 2 rings (SSSR count). The molecule has 0 aliphatic heterocycles. The third kappa shape index (κ3) is 3.00. The van der Waals surface area contributed by atoms with Gasteiger partial charge >= 0.3 is 0 Å². The summed E-state index contributed by atoms with van der Waals surface area (Å²) in [4.78, 5) is 12.7. The van der Waals surface area contributed by atoms with E-state index >= 15 is 0 Å². The van der Waals surface area contributed by atoms with Crippen LogP contribution in [-0.2, 0) is 11.3 Å². The van der Waals surface area contributed by atoms with Crippen molar-refractivity contribution in [2.45, 2.75) is 51.7 Å². The number of halogens is 1. The van der Waals surface area contributed by atoms with E-state index in [1.807, 2.05) is 6.92 Å². The van der Waals surface area contributed by atoms with Crippen molar-refractivity contribution in [1.82, 2.24) is 9.78 Å². The van der Waals surface area contributed by atoms with Gasteiger partial charge in [-0.25, -0.2) is 0 Å². The van der Waals surface area contributed by atoms with Crippen LogP contribution in [0.2, 0.25) is 5.02 Å². The Kier molecular flexibility index (Phi) is 4.99. The molecule has 0 amide bonds. The first-order chi connectivity index (χ1) is 9.19. The summed E-state index contributed by atoms with van der Waals surface area (Å²) in [6.07, 6.45) is 6.88. The number of rotatable bonds is 5. The number of carbonyl (C=O) groups excluding carboxylic acids is 1. The van der Waals surface area contributed by atoms with Crippen molar-refractivity contribution < 1.29 is 9.53 Å². The van der Waals surface area contributed by atoms with Crippen molar-refractivity contribution in [3.8, 4) is 0 Å². The molecule has 0 radical (unpaired) electrons. The Morgan fingerprint density at radius 3 is 2.79 bits per heavy atom. The number of ketones is 1. The number of aromatic nitrogens is 2. The quantitative estimate of drug-likeness (QED) is 0.779. The minimum atomic E-state index is -0.389. The summed E-state index contributed by atoms with van der Waals surface area (Å²) < 4.78 is 7.13. The fraction of sp³-hybridized carbons (Fsp3) is 0.714. The number of aryl methyl sites for hydroxylation is 1. The Balaban J connectivity index is 2.22. The lowest BCUT2D eigenvalue weighted by molar-refractivity contribution is 0.0305. The molecule has 1 fully saturated rings. The second kappa shape index (κ2) is 6.53. The van der Waals surface area contributed by atoms with E-state index in [2.05, 4.69) is 5.10 Å². The van der Waals surface area contributed by atoms with Gasteiger partial charge in [0.25, 0.3) is 0 Å². The van der Waals surface area contributed by atoms with Crippen LogP contribution in [-0.4, -0.2) is 28.8 Å². The summed E-state index contributed by atoms with van der Waals surface area (Å²) in [5, 5.41) is 4.55. The van der Waals surface area contributed by atoms with Crippen LogP contribution in [0.4, 0.5) is 0 Å². The molecule has 106 valence electrons. The first-order valence-corrected chi connectivity index (χ1v) is 7.35. The molecule has 1 atom stereocenters. The molecule has 0 N–H and O–H groups in total. The lowest BCUT2D eigenvalue weighted by Crippen LogP contribution is -2.34. The minimum absolute atomic E-state index is 0.0289. The number of hydrogen-bond donors (Lipinski definition) is 0. The number of methoxy groups -OCH3 is 1. The van der Waals surface area contributed by atoms with E-state index < -0.39 is 0 Å². The highest BCUT2D eigenvalue weighted by atomic mass is 35.5. The van der Waals surface area contributed by atoms with Crippen molar-refractivity contribution in [3.63, 3.8) is 0 Å². The number of nitrogens with zero attached hydrogens (tertiary/aromatic N) is 2. The zero-order valence-electron chi connectivity index (χ0n) is 11.6. The molecule has 1 heterocycles. The van der Waals surface area contributed by atoms with Crippen LogP contribution >= 0.6 is 11.6 Å². The number of carbonyl (C=O) groups is 1. The lowest BCUT2D eigenvalue weighted by Gasteiger charge is -2.28. The largest absolute Gasteiger partial charge is 0.373 e. The van der Waals surface area contributed by atoms with E-state index in [0.717, 1.165) is 12.8 Å². The standard InChI is InChI=1S/C14H21ClN2O2/c1-3-17-12(11(15)9-16-17)13(18)14(19-2)10-7-5-4-6-8-10/h9-10,14H,3-8H2,1-2H3. The molecule has 1 aliphatic rings. The van der Waals surface area contributed by atoms with Gasteiger partial charge in [0.1, 0.15) is 11.8 Å². The van der Waals surface area contributed by atoms with Crippen LogP contribution in [0.3, 0.4) is 0 Å². The molecule has 19 heavy (non-hydrogen) atoms. The van der Waals surface area contributed by atoms with E-state index in [-0.39, 0.29) is 11.9 Å². The molecule has 0 aromatic carbocycles. The van der Waals surface area contributed by atoms with Gasteiger partial charge in [0.15, 0.2) is 0 Å². The second-order valence-corrected chi connectivity index (χ2v) is 5.48. The maximum Gasteiger partial charge on any atom is 0.211 e. The maximum atomic E-state index is 12.7. The average Bonchev–Trinajstić information content (AvgIpc) is 2.81. The third-order valence-corrected chi connectivity index (χ3v) is 4.19. The maximum absolute atomic E-state index is 12.7. The summed E-state index contributed by atoms with van der Waals surface area (Å²) in [6.45, 7) is 2.58. The van der Waals surface area contributed by atoms with E-state index in [9.17, 15) is 4.79 Å². The molecule has 1 aliphatic carbocycles. The molecule has 0 saturated heterocycles. The average molecular weight is 285 g/mol. The van der Waals surface area contributed by atoms with Gasteiger partial charge in [-0.1, -0.05) is 30.9 Å². The predicted molar refractivity (Wildman–Crippen MR) is 74.6 cm³/mol. The molecule has 0 spiro atoms. The smallest absolute Gasteiger partial charge is 0.211 e. The van der Waals surface area contributed by atoms with Crippen LogP contribution in [0.25, 0.3) is 0 Å². The van der Waals surface area contributed by atoms with Gasteiger partial charge in [0, 0.05) is 13.7 Å². The number of Topliss-reactive ketones (excluding diaryl/α,β-unsaturated/α-hetero) is 1. The summed E-state index contributed by atoms with van der Waals surface area (Å²) >= 11 is 6.10. The van der Waals surface area contributed by atoms with Crippen molar-refractivity contribution in [2.75, 3.05) is 7.11 Å². The van der Waals surface area contributed by atoms with Gasteiger partial charge in [0.05, 0.1) is 11.2 Å². The highest BCUT2D eigenvalue weighted by Crippen LogP contribution is 2.30. The molecule has 1 aromatic rings. The Bertz CT molecular complexity index is 439. The highest BCUT2D eigenvalue weighted by Gasteiger charge is 2.33. The Morgan fingerprint density at radius 2 is 2.21 bits per heavy atom. The molecule has 4 nitrogen and oxygen atoms in total. The van der Waals surface area contributed by atoms with E-state index in [1.54, 1.807) is 11.8 Å². The van der Waals surface area contributed by atoms with Gasteiger partial charge in [-0.3, -0.25) is 9.48 Å². The Morgan fingerprint density at radius 1 is 1.53 bits per heavy atom. The van der Waals surface area contributed by atoms with Crippen LogP contribution in [0.15, 0.2) is 6.20 Å². The van der Waals surface area contributed by atoms with Crippen molar-refractivity contribution >= 4 is 17.4 Å². The van der Waals surface area contributed by atoms with Crippen LogP contribution in [0.1, 0.15) is 49.5 Å². The van der Waals surface area contributed by atoms with Crippen molar-refractivity contribution in [3.05, 3.63) is 16.9 Å². The number of hydrogen-bond acceptors (Lipinski definition) is 3. The van der Waals surface area contributed by atoms with Crippen LogP contribution in [0.5, 0.6) is 0 Å². The van der Waals surface area contributed by atoms with Gasteiger partial charge < -0.3 is 4.74 Å². The molecule has 1 saturated carbocycles. The molecule has 1 aromatic heterocycles. The highest BCUT2D eigenvalue weighted by molar-refractivity contribution is 6.33. The molecular formula is C14H21ClN2O2. The SMILES string of the molecule is CCn1ncc(Cl)c1C(=O)C(OC)C1CCCCC1. The molecule has 0 bridgehead atoms. The summed E-state index contributed by atoms with van der Waals surface area (Å²) in [7, 11) is 1.61. The third-order valence-electron chi connectivity index (χ3n) is 3.92. The topological polar surface area (TPSA) is 44.1 Å². The fourth-order valence-electron chi connectivity index (χ4n) is 2.93. The first-order valence-electron chi connectivity index (χ1n) is 6.97. The minimum Gasteiger partial charge on any atom is -0.373 e. The normalized spacial score (nSPS) is 18.5. The van der Waals surface area contributed by atoms with Crippen LogP contribution in [0, 0.1) is 5.92 Å². The van der Waals surface area contributed by atoms with E-state index in [0.29, 0.717) is 23.2 Å². The first kappa shape index (κ1) is 14.5. The fourth-order valence-corrected chi connectivity index (χ4v) is 3.17. The predicted octanol–water partition coefficient (Wildman–Crippen LogP) is 3.33. The molecule has 5 heteroatoms. The Hall–Kier alpha value is -0.870. The molecular weight excluding hydrogens is 264 g/mol. The van der Waals surface area contributed by atoms with Gasteiger partial charge in [-0.05, 0) is 25.7 Å². The van der Waals surface area contributed by atoms with Gasteiger partial charge in [-0.2, -0.15) is 5.10 Å². The zero-order chi connectivity index (χ0) is 13.8.